The molecule has 0 aliphatic heterocycles. The quantitative estimate of drug-likeness (QED) is 0.532. The predicted molar refractivity (Wildman–Crippen MR) is 124 cm³/mol. The van der Waals surface area contributed by atoms with Gasteiger partial charge in [-0.15, -0.1) is 11.3 Å². The minimum Gasteiger partial charge on any atom is -0.351 e. The van der Waals surface area contributed by atoms with Crippen LogP contribution in [0.4, 0.5) is 10.5 Å². The van der Waals surface area contributed by atoms with Gasteiger partial charge in [-0.05, 0) is 83.0 Å². The highest BCUT2D eigenvalue weighted by atomic mass is 32.2. The van der Waals surface area contributed by atoms with Gasteiger partial charge in [0.15, 0.2) is 0 Å². The van der Waals surface area contributed by atoms with Gasteiger partial charge in [0.1, 0.15) is 0 Å². The maximum absolute atomic E-state index is 11.2. The Morgan fingerprint density at radius 3 is 2.10 bits per heavy atom. The van der Waals surface area contributed by atoms with Crippen molar-refractivity contribution in [1.82, 2.24) is 4.98 Å². The van der Waals surface area contributed by atoms with Crippen molar-refractivity contribution < 1.29 is 4.79 Å². The predicted octanol–water partition coefficient (Wildman–Crippen LogP) is 5.68. The number of rotatable bonds is 2. The molecule has 158 valence electrons. The van der Waals surface area contributed by atoms with Crippen LogP contribution in [0.25, 0.3) is 0 Å². The average Bonchev–Trinajstić information content (AvgIpc) is 3.35. The van der Waals surface area contributed by atoms with Gasteiger partial charge >= 0.3 is 6.03 Å². The SMILES string of the molecule is CC(C)(C)c1csc(SN)c1.CC1CCc2c1nc1c(c2NC(N)=O)CCC1C. The first-order valence-corrected chi connectivity index (χ1v) is 12.0. The maximum Gasteiger partial charge on any atom is 0.316 e. The molecule has 2 aromatic heterocycles. The molecule has 2 atom stereocenters. The molecule has 2 aliphatic carbocycles. The van der Waals surface area contributed by atoms with E-state index in [1.165, 1.54) is 44.2 Å². The lowest BCUT2D eigenvalue weighted by Gasteiger charge is -2.16. The Labute approximate surface area is 182 Å². The molecule has 2 aliphatic rings. The molecular weight excluding hydrogens is 400 g/mol. The Bertz CT molecular complexity index is 865. The number of anilines is 1. The topological polar surface area (TPSA) is 94.0 Å². The fourth-order valence-electron chi connectivity index (χ4n) is 4.07. The van der Waals surface area contributed by atoms with E-state index in [0.29, 0.717) is 11.8 Å². The smallest absolute Gasteiger partial charge is 0.316 e. The third-order valence-corrected chi connectivity index (χ3v) is 7.51. The summed E-state index contributed by atoms with van der Waals surface area (Å²) >= 11 is 3.04. The van der Waals surface area contributed by atoms with Crippen LogP contribution < -0.4 is 16.2 Å². The van der Waals surface area contributed by atoms with Crippen LogP contribution >= 0.6 is 23.3 Å². The second-order valence-electron chi connectivity index (χ2n) is 9.11. The van der Waals surface area contributed by atoms with E-state index in [2.05, 4.69) is 51.4 Å². The zero-order valence-corrected chi connectivity index (χ0v) is 19.6. The zero-order valence-electron chi connectivity index (χ0n) is 18.0. The number of nitrogens with two attached hydrogens (primary N) is 2. The first kappa shape index (κ1) is 22.1. The molecule has 5 nitrogen and oxygen atoms in total. The molecule has 0 saturated carbocycles. The molecule has 0 radical (unpaired) electrons. The molecule has 2 heterocycles. The van der Waals surface area contributed by atoms with E-state index in [0.717, 1.165) is 31.4 Å². The van der Waals surface area contributed by atoms with Gasteiger partial charge in [0, 0.05) is 11.4 Å². The van der Waals surface area contributed by atoms with Crippen LogP contribution in [0.1, 0.15) is 87.4 Å². The van der Waals surface area contributed by atoms with Crippen LogP contribution in [0.15, 0.2) is 15.7 Å². The van der Waals surface area contributed by atoms with Crippen LogP contribution in [0, 0.1) is 0 Å². The largest absolute Gasteiger partial charge is 0.351 e. The van der Waals surface area contributed by atoms with E-state index >= 15 is 0 Å². The van der Waals surface area contributed by atoms with E-state index < -0.39 is 6.03 Å². The van der Waals surface area contributed by atoms with Crippen molar-refractivity contribution in [3.8, 4) is 0 Å². The number of urea groups is 1. The van der Waals surface area contributed by atoms with E-state index in [1.807, 2.05) is 0 Å². The minimum absolute atomic E-state index is 0.254. The minimum atomic E-state index is -0.468. The molecular formula is C22H32N4OS2. The highest BCUT2D eigenvalue weighted by Gasteiger charge is 2.32. The van der Waals surface area contributed by atoms with Crippen LogP contribution in [-0.2, 0) is 18.3 Å². The number of aromatic nitrogens is 1. The molecule has 4 rings (SSSR count). The number of hydrogen-bond acceptors (Lipinski definition) is 5. The first-order valence-electron chi connectivity index (χ1n) is 10.2. The molecule has 0 spiro atoms. The standard InChI is InChI=1S/C14H19N3O.C8H13NS2/c1-7-3-5-9-11(7)16-12-8(2)4-6-10(12)13(9)17-14(15)18;1-8(2,3)6-4-7(11-9)10-5-6/h7-8H,3-6H2,1-2H3,(H3,15,16,17,18);4-5H,9H2,1-3H3. The van der Waals surface area contributed by atoms with Crippen molar-refractivity contribution in [1.29, 1.82) is 0 Å². The fraction of sp³-hybridized carbons (Fsp3) is 0.545. The molecule has 0 fully saturated rings. The summed E-state index contributed by atoms with van der Waals surface area (Å²) in [6.45, 7) is 11.0. The molecule has 5 N–H and O–H groups in total. The number of pyridine rings is 1. The Morgan fingerprint density at radius 1 is 1.17 bits per heavy atom. The lowest BCUT2D eigenvalue weighted by Crippen LogP contribution is -2.22. The Balaban J connectivity index is 0.000000188. The fourth-order valence-corrected chi connectivity index (χ4v) is 5.49. The number of nitrogens with zero attached hydrogens (tertiary/aromatic N) is 1. The Morgan fingerprint density at radius 2 is 1.72 bits per heavy atom. The molecule has 0 aromatic carbocycles. The summed E-state index contributed by atoms with van der Waals surface area (Å²) in [4.78, 5) is 16.1. The molecule has 7 heteroatoms. The zero-order chi connectivity index (χ0) is 21.3. The van der Waals surface area contributed by atoms with Gasteiger partial charge in [-0.25, -0.2) is 4.79 Å². The van der Waals surface area contributed by atoms with Gasteiger partial charge in [0.2, 0.25) is 0 Å². The molecule has 2 unspecified atom stereocenters. The van der Waals surface area contributed by atoms with Gasteiger partial charge in [-0.2, -0.15) is 0 Å². The van der Waals surface area contributed by atoms with E-state index in [4.69, 9.17) is 15.9 Å². The number of nitrogens with one attached hydrogen (secondary N) is 1. The molecule has 0 bridgehead atoms. The number of fused-ring (bicyclic) bond motifs is 2. The summed E-state index contributed by atoms with van der Waals surface area (Å²) in [5.41, 5.74) is 12.7. The number of amides is 2. The average molecular weight is 433 g/mol. The van der Waals surface area contributed by atoms with Crippen molar-refractivity contribution >= 4 is 35.0 Å². The Kier molecular flexibility index (Phi) is 6.61. The van der Waals surface area contributed by atoms with E-state index in [1.54, 1.807) is 11.3 Å². The van der Waals surface area contributed by atoms with Crippen LogP contribution in [0.3, 0.4) is 0 Å². The first-order chi connectivity index (χ1) is 13.6. The summed E-state index contributed by atoms with van der Waals surface area (Å²) in [7, 11) is 0. The number of carbonyl (C=O) groups is 1. The van der Waals surface area contributed by atoms with Crippen LogP contribution in [0.5, 0.6) is 0 Å². The number of hydrogen-bond donors (Lipinski definition) is 3. The normalized spacial score (nSPS) is 19.9. The highest BCUT2D eigenvalue weighted by Crippen LogP contribution is 2.44. The van der Waals surface area contributed by atoms with Crippen molar-refractivity contribution in [2.75, 3.05) is 5.32 Å². The van der Waals surface area contributed by atoms with Gasteiger partial charge in [-0.1, -0.05) is 34.6 Å². The molecule has 2 aromatic rings. The van der Waals surface area contributed by atoms with Crippen molar-refractivity contribution in [2.45, 2.75) is 81.8 Å². The monoisotopic (exact) mass is 432 g/mol. The third-order valence-electron chi connectivity index (χ3n) is 5.86. The number of thiophene rings is 1. The second-order valence-corrected chi connectivity index (χ2v) is 11.0. The van der Waals surface area contributed by atoms with E-state index in [-0.39, 0.29) is 5.41 Å². The second kappa shape index (κ2) is 8.66. The van der Waals surface area contributed by atoms with Crippen LogP contribution in [-0.4, -0.2) is 11.0 Å². The van der Waals surface area contributed by atoms with Gasteiger partial charge < -0.3 is 11.1 Å². The van der Waals surface area contributed by atoms with Crippen LogP contribution in [0.2, 0.25) is 0 Å². The summed E-state index contributed by atoms with van der Waals surface area (Å²) < 4.78 is 1.19. The molecule has 29 heavy (non-hydrogen) atoms. The lowest BCUT2D eigenvalue weighted by molar-refractivity contribution is 0.259. The molecule has 2 amide bonds. The summed E-state index contributed by atoms with van der Waals surface area (Å²) in [6, 6.07) is 1.69. The van der Waals surface area contributed by atoms with Crippen molar-refractivity contribution in [2.24, 2.45) is 10.9 Å². The summed E-state index contributed by atoms with van der Waals surface area (Å²) in [5, 5.41) is 10.5. The summed E-state index contributed by atoms with van der Waals surface area (Å²) in [5.74, 6) is 0.984. The maximum atomic E-state index is 11.2. The number of primary amides is 1. The van der Waals surface area contributed by atoms with Crippen molar-refractivity contribution in [3.05, 3.63) is 39.5 Å². The highest BCUT2D eigenvalue weighted by molar-refractivity contribution is 7.99. The third kappa shape index (κ3) is 4.78. The lowest BCUT2D eigenvalue weighted by atomic mass is 9.90. The number of carbonyl (C=O) groups excluding carboxylic acids is 1. The Hall–Kier alpha value is -1.57. The van der Waals surface area contributed by atoms with E-state index in [9.17, 15) is 4.79 Å². The van der Waals surface area contributed by atoms with Gasteiger partial charge in [-0.3, -0.25) is 10.1 Å². The van der Waals surface area contributed by atoms with Gasteiger partial charge in [0.05, 0.1) is 9.90 Å². The molecule has 0 saturated heterocycles. The summed E-state index contributed by atoms with van der Waals surface area (Å²) in [6.07, 6.45) is 4.24. The van der Waals surface area contributed by atoms with Gasteiger partial charge in [0.25, 0.3) is 0 Å². The van der Waals surface area contributed by atoms with Crippen molar-refractivity contribution in [3.63, 3.8) is 0 Å².